The van der Waals surface area contributed by atoms with E-state index < -0.39 is 0 Å². The Labute approximate surface area is 151 Å². The Bertz CT molecular complexity index is 652. The normalized spacial score (nSPS) is 47.4. The predicted octanol–water partition coefficient (Wildman–Crippen LogP) is -0.390. The van der Waals surface area contributed by atoms with Crippen molar-refractivity contribution < 1.29 is 22.0 Å². The first-order valence-corrected chi connectivity index (χ1v) is 9.45. The van der Waals surface area contributed by atoms with Gasteiger partial charge in [-0.15, -0.1) is 0 Å². The molecule has 3 heterocycles. The Morgan fingerprint density at radius 1 is 1.33 bits per heavy atom. The molecule has 24 heavy (non-hydrogen) atoms. The van der Waals surface area contributed by atoms with E-state index in [-0.39, 0.29) is 17.8 Å². The Kier molecular flexibility index (Phi) is 3.73. The molecule has 4 aliphatic rings. The van der Waals surface area contributed by atoms with Crippen LogP contribution >= 0.6 is 0 Å². The summed E-state index contributed by atoms with van der Waals surface area (Å²) in [5, 5.41) is 14.2. The lowest BCUT2D eigenvalue weighted by molar-refractivity contribution is -0.934. The molecule has 1 spiro atoms. The van der Waals surface area contributed by atoms with Crippen LogP contribution in [0.1, 0.15) is 31.7 Å². The van der Waals surface area contributed by atoms with Crippen LogP contribution in [-0.4, -0.2) is 48.4 Å². The topological polar surface area (TPSA) is 32.3 Å². The monoisotopic (exact) mass is 348 g/mol. The number of anilines is 1. The Hall–Kier alpha value is -0.770. The fraction of sp³-hybridized carbons (Fsp3) is 0.700. The van der Waals surface area contributed by atoms with E-state index in [1.165, 1.54) is 42.5 Å². The van der Waals surface area contributed by atoms with Crippen LogP contribution in [0.3, 0.4) is 0 Å². The Morgan fingerprint density at radius 3 is 2.88 bits per heavy atom. The molecule has 2 bridgehead atoms. The van der Waals surface area contributed by atoms with E-state index in [0.717, 1.165) is 12.0 Å². The second-order valence-corrected chi connectivity index (χ2v) is 8.77. The molecule has 3 aliphatic heterocycles. The quantitative estimate of drug-likeness (QED) is 0.714. The second-order valence-electron chi connectivity index (χ2n) is 8.77. The van der Waals surface area contributed by atoms with Gasteiger partial charge in [0.2, 0.25) is 0 Å². The van der Waals surface area contributed by atoms with Gasteiger partial charge in [0.1, 0.15) is 6.04 Å². The summed E-state index contributed by atoms with van der Waals surface area (Å²) in [5.74, 6) is 1.88. The maximum Gasteiger partial charge on any atom is 0.101 e. The van der Waals surface area contributed by atoms with Crippen LogP contribution in [0.2, 0.25) is 0 Å². The van der Waals surface area contributed by atoms with Gasteiger partial charge in [0.25, 0.3) is 0 Å². The van der Waals surface area contributed by atoms with Gasteiger partial charge in [-0.25, -0.2) is 0 Å². The first kappa shape index (κ1) is 16.7. The highest BCUT2D eigenvalue weighted by atomic mass is 35.5. The molecule has 2 N–H and O–H groups in total. The van der Waals surface area contributed by atoms with Crippen molar-refractivity contribution in [3.63, 3.8) is 0 Å². The number of aliphatic hydroxyl groups excluding tert-OH is 1. The van der Waals surface area contributed by atoms with Crippen LogP contribution in [-0.2, 0) is 5.41 Å². The number of piperidine rings is 1. The van der Waals surface area contributed by atoms with Gasteiger partial charge in [-0.2, -0.15) is 0 Å². The van der Waals surface area contributed by atoms with E-state index >= 15 is 0 Å². The van der Waals surface area contributed by atoms with E-state index in [0.29, 0.717) is 24.5 Å². The Balaban J connectivity index is 0.00000146. The summed E-state index contributed by atoms with van der Waals surface area (Å²) in [4.78, 5) is 0. The van der Waals surface area contributed by atoms with E-state index in [2.05, 4.69) is 43.6 Å². The minimum Gasteiger partial charge on any atom is -1.00 e. The second kappa shape index (κ2) is 5.36. The highest BCUT2D eigenvalue weighted by Crippen LogP contribution is 2.63. The number of hydrogen-bond donors (Lipinski definition) is 2. The van der Waals surface area contributed by atoms with Crippen molar-refractivity contribution in [1.29, 1.82) is 0 Å². The number of rotatable bonds is 2. The summed E-state index contributed by atoms with van der Waals surface area (Å²) in [7, 11) is 2.51. The number of likely N-dealkylation sites (N-methyl/N-ethyl adjacent to an activating group) is 1. The molecule has 0 radical (unpaired) electrons. The third kappa shape index (κ3) is 1.76. The molecule has 7 atom stereocenters. The third-order valence-electron chi connectivity index (χ3n) is 8.14. The van der Waals surface area contributed by atoms with Crippen LogP contribution in [0.15, 0.2) is 24.3 Å². The molecule has 5 rings (SSSR count). The van der Waals surface area contributed by atoms with Gasteiger partial charge in [0.05, 0.1) is 25.6 Å². The maximum atomic E-state index is 10.3. The number of aliphatic hydroxyl groups is 1. The van der Waals surface area contributed by atoms with E-state index in [9.17, 15) is 5.11 Å². The molecule has 132 valence electrons. The minimum atomic E-state index is 0. The highest BCUT2D eigenvalue weighted by Gasteiger charge is 2.71. The number of hydrogen-bond acceptors (Lipinski definition) is 2. The largest absolute Gasteiger partial charge is 1.00 e. The van der Waals surface area contributed by atoms with Gasteiger partial charge in [0.15, 0.2) is 0 Å². The van der Waals surface area contributed by atoms with Crippen molar-refractivity contribution >= 4 is 5.69 Å². The molecule has 2 saturated heterocycles. The number of fused-ring (bicyclic) bond motifs is 2. The standard InChI is InChI=1S/C20H29N2O.ClH/c1-3-13-11-22(2)9-8-20-16-6-4-5-7-17(16)21-19(20)15(12-23)14(13)10-18(20)22;/h4-7,13-15,18-19,21,23H,3,8-12H2,1-2H3;1H/q+1;/p-1/t13-,14+,15+,18+,19+,20?,22?;/m1./s1. The molecule has 2 unspecified atom stereocenters. The van der Waals surface area contributed by atoms with Gasteiger partial charge in [-0.05, 0) is 24.0 Å². The van der Waals surface area contributed by atoms with Crippen LogP contribution in [0, 0.1) is 17.8 Å². The van der Waals surface area contributed by atoms with E-state index in [4.69, 9.17) is 0 Å². The molecule has 0 amide bonds. The van der Waals surface area contributed by atoms with Crippen molar-refractivity contribution in [3.05, 3.63) is 29.8 Å². The van der Waals surface area contributed by atoms with Crippen molar-refractivity contribution in [1.82, 2.24) is 0 Å². The first-order valence-electron chi connectivity index (χ1n) is 9.45. The number of nitrogens with one attached hydrogen (secondary N) is 1. The van der Waals surface area contributed by atoms with Gasteiger partial charge < -0.3 is 27.3 Å². The number of para-hydroxylation sites is 1. The zero-order valence-electron chi connectivity index (χ0n) is 14.7. The Morgan fingerprint density at radius 2 is 2.12 bits per heavy atom. The lowest BCUT2D eigenvalue weighted by atomic mass is 9.54. The summed E-state index contributed by atoms with van der Waals surface area (Å²) in [6.07, 6.45) is 3.85. The molecule has 1 aromatic carbocycles. The van der Waals surface area contributed by atoms with Crippen LogP contribution < -0.4 is 17.7 Å². The van der Waals surface area contributed by atoms with Crippen LogP contribution in [0.4, 0.5) is 5.69 Å². The molecule has 3 fully saturated rings. The van der Waals surface area contributed by atoms with Gasteiger partial charge in [-0.3, -0.25) is 0 Å². The van der Waals surface area contributed by atoms with Gasteiger partial charge >= 0.3 is 0 Å². The number of quaternary nitrogens is 1. The summed E-state index contributed by atoms with van der Waals surface area (Å²) in [6, 6.07) is 10.1. The SMILES string of the molecule is CC[C@@H]1C[N+]2(C)CCC34c5ccccc5N[C@H]3[C@@H](CO)[C@H]1C[C@@H]42.[Cl-]. The zero-order valence-corrected chi connectivity index (χ0v) is 15.5. The molecule has 3 nitrogen and oxygen atoms in total. The average Bonchev–Trinajstić information content (AvgIpc) is 3.08. The summed E-state index contributed by atoms with van der Waals surface area (Å²) in [5.41, 5.74) is 3.14. The lowest BCUT2D eigenvalue weighted by Crippen LogP contribution is -3.00. The summed E-state index contributed by atoms with van der Waals surface area (Å²) < 4.78 is 1.26. The summed E-state index contributed by atoms with van der Waals surface area (Å²) in [6.45, 7) is 5.31. The average molecular weight is 349 g/mol. The van der Waals surface area contributed by atoms with E-state index in [1.54, 1.807) is 5.56 Å². The number of halogens is 1. The molecule has 1 saturated carbocycles. The van der Waals surface area contributed by atoms with Crippen molar-refractivity contribution in [2.45, 2.75) is 43.7 Å². The number of benzene rings is 1. The van der Waals surface area contributed by atoms with Crippen LogP contribution in [0.5, 0.6) is 0 Å². The molecule has 1 aromatic rings. The first-order chi connectivity index (χ1) is 11.1. The lowest BCUT2D eigenvalue weighted by Gasteiger charge is -2.58. The predicted molar refractivity (Wildman–Crippen MR) is 92.3 cm³/mol. The van der Waals surface area contributed by atoms with Gasteiger partial charge in [-0.1, -0.05) is 25.1 Å². The van der Waals surface area contributed by atoms with Crippen molar-refractivity contribution in [2.75, 3.05) is 32.1 Å². The van der Waals surface area contributed by atoms with Crippen molar-refractivity contribution in [2.24, 2.45) is 17.8 Å². The molecule has 0 aromatic heterocycles. The highest BCUT2D eigenvalue weighted by molar-refractivity contribution is 5.64. The fourth-order valence-electron chi connectivity index (χ4n) is 7.21. The van der Waals surface area contributed by atoms with Crippen LogP contribution in [0.25, 0.3) is 0 Å². The zero-order chi connectivity index (χ0) is 15.8. The summed E-state index contributed by atoms with van der Waals surface area (Å²) >= 11 is 0. The molecular formula is C20H29ClN2O. The van der Waals surface area contributed by atoms with Crippen molar-refractivity contribution in [3.8, 4) is 0 Å². The van der Waals surface area contributed by atoms with E-state index in [1.807, 2.05) is 0 Å². The molecule has 4 heteroatoms. The fourth-order valence-corrected chi connectivity index (χ4v) is 7.21. The minimum absolute atomic E-state index is 0. The smallest absolute Gasteiger partial charge is 0.101 e. The molecule has 1 aliphatic carbocycles. The maximum absolute atomic E-state index is 10.3. The number of nitrogens with zero attached hydrogens (tertiary/aromatic N) is 1. The van der Waals surface area contributed by atoms with Gasteiger partial charge in [0, 0.05) is 43.0 Å². The third-order valence-corrected chi connectivity index (χ3v) is 8.14. The molecular weight excluding hydrogens is 320 g/mol.